The van der Waals surface area contributed by atoms with Crippen molar-refractivity contribution in [2.75, 3.05) is 9.80 Å². The summed E-state index contributed by atoms with van der Waals surface area (Å²) in [6.07, 6.45) is 0. The van der Waals surface area contributed by atoms with Gasteiger partial charge in [-0.1, -0.05) is 151 Å². The Morgan fingerprint density at radius 2 is 0.849 bits per heavy atom. The Morgan fingerprint density at radius 3 is 1.58 bits per heavy atom. The molecule has 7 aromatic carbocycles. The summed E-state index contributed by atoms with van der Waals surface area (Å²) in [7, 11) is 0. The topological polar surface area (TPSA) is 6.48 Å². The molecule has 0 spiro atoms. The standard InChI is InChI=1S/C51H44N2/c1-49(2)40-18-11-10-17-38(40)39-29-27-36(31-44(39)49)52(35-25-23-34(24-26-35)33-15-8-7-9-16-33)37-28-30-47-45(32-37)51(5,6)43-21-14-20-42-48(43)53(47)46-22-13-12-19-41(46)50(42,3)4/h7-32H,1-6H3. The van der Waals surface area contributed by atoms with Crippen molar-refractivity contribution >= 4 is 34.1 Å². The Kier molecular flexibility index (Phi) is 6.65. The molecule has 0 radical (unpaired) electrons. The highest BCUT2D eigenvalue weighted by Crippen LogP contribution is 2.60. The second kappa shape index (κ2) is 11.1. The van der Waals surface area contributed by atoms with Crippen molar-refractivity contribution in [2.45, 2.75) is 57.8 Å². The van der Waals surface area contributed by atoms with E-state index in [0.717, 1.165) is 11.4 Å². The fourth-order valence-corrected chi connectivity index (χ4v) is 9.72. The molecule has 0 aromatic heterocycles. The quantitative estimate of drug-likeness (QED) is 0.182. The van der Waals surface area contributed by atoms with Gasteiger partial charge in [0.1, 0.15) is 0 Å². The van der Waals surface area contributed by atoms with Crippen LogP contribution < -0.4 is 9.80 Å². The van der Waals surface area contributed by atoms with Gasteiger partial charge >= 0.3 is 0 Å². The summed E-state index contributed by atoms with van der Waals surface area (Å²) in [4.78, 5) is 5.01. The number of benzene rings is 7. The summed E-state index contributed by atoms with van der Waals surface area (Å²) in [6, 6.07) is 58.9. The van der Waals surface area contributed by atoms with E-state index in [2.05, 4.69) is 209 Å². The van der Waals surface area contributed by atoms with Gasteiger partial charge in [-0.25, -0.2) is 0 Å². The van der Waals surface area contributed by atoms with Crippen molar-refractivity contribution in [1.29, 1.82) is 0 Å². The van der Waals surface area contributed by atoms with E-state index in [1.54, 1.807) is 0 Å². The van der Waals surface area contributed by atoms with Gasteiger partial charge in [-0.15, -0.1) is 0 Å². The summed E-state index contributed by atoms with van der Waals surface area (Å²) in [5.41, 5.74) is 20.2. The Hall–Kier alpha value is -5.86. The molecule has 258 valence electrons. The molecule has 0 saturated carbocycles. The molecule has 0 atom stereocenters. The van der Waals surface area contributed by atoms with E-state index in [9.17, 15) is 0 Å². The summed E-state index contributed by atoms with van der Waals surface area (Å²) in [6.45, 7) is 14.3. The van der Waals surface area contributed by atoms with Crippen LogP contribution in [0.2, 0.25) is 0 Å². The fourth-order valence-electron chi connectivity index (χ4n) is 9.72. The maximum Gasteiger partial charge on any atom is 0.0543 e. The van der Waals surface area contributed by atoms with Gasteiger partial charge in [0.15, 0.2) is 0 Å². The van der Waals surface area contributed by atoms with Crippen LogP contribution in [0.1, 0.15) is 74.9 Å². The molecule has 7 aromatic rings. The normalized spacial score (nSPS) is 16.2. The van der Waals surface area contributed by atoms with Gasteiger partial charge in [0.25, 0.3) is 0 Å². The van der Waals surface area contributed by atoms with E-state index in [-0.39, 0.29) is 16.2 Å². The lowest BCUT2D eigenvalue weighted by atomic mass is 9.66. The van der Waals surface area contributed by atoms with Crippen LogP contribution in [-0.2, 0) is 16.2 Å². The highest BCUT2D eigenvalue weighted by molar-refractivity contribution is 5.94. The Labute approximate surface area is 314 Å². The second-order valence-electron chi connectivity index (χ2n) is 16.7. The predicted molar refractivity (Wildman–Crippen MR) is 223 cm³/mol. The molecule has 2 heterocycles. The molecule has 0 saturated heterocycles. The summed E-state index contributed by atoms with van der Waals surface area (Å²) in [5, 5.41) is 0. The van der Waals surface area contributed by atoms with Crippen molar-refractivity contribution in [3.05, 3.63) is 191 Å². The maximum absolute atomic E-state index is 2.55. The molecule has 10 rings (SSSR count). The largest absolute Gasteiger partial charge is 0.310 e. The molecule has 2 heteroatoms. The minimum Gasteiger partial charge on any atom is -0.310 e. The van der Waals surface area contributed by atoms with Crippen LogP contribution >= 0.6 is 0 Å². The van der Waals surface area contributed by atoms with Gasteiger partial charge in [-0.3, -0.25) is 0 Å². The molecule has 2 aliphatic heterocycles. The molecule has 0 N–H and O–H groups in total. The van der Waals surface area contributed by atoms with Crippen LogP contribution in [-0.4, -0.2) is 0 Å². The maximum atomic E-state index is 2.55. The third-order valence-corrected chi connectivity index (χ3v) is 12.6. The molecule has 0 unspecified atom stereocenters. The molecule has 53 heavy (non-hydrogen) atoms. The minimum absolute atomic E-state index is 0.0978. The first-order valence-electron chi connectivity index (χ1n) is 18.9. The van der Waals surface area contributed by atoms with Gasteiger partial charge in [0, 0.05) is 33.3 Å². The average Bonchev–Trinajstić information content (AvgIpc) is 3.41. The van der Waals surface area contributed by atoms with Crippen molar-refractivity contribution in [2.24, 2.45) is 0 Å². The number of fused-ring (bicyclic) bond motifs is 7. The van der Waals surface area contributed by atoms with Gasteiger partial charge in [0.05, 0.1) is 17.1 Å². The lowest BCUT2D eigenvalue weighted by molar-refractivity contribution is 0.597. The first-order valence-corrected chi connectivity index (χ1v) is 18.9. The third-order valence-electron chi connectivity index (χ3n) is 12.6. The first-order chi connectivity index (χ1) is 25.6. The predicted octanol–water partition coefficient (Wildman–Crippen LogP) is 13.9. The van der Waals surface area contributed by atoms with E-state index in [1.165, 1.54) is 78.4 Å². The highest BCUT2D eigenvalue weighted by atomic mass is 15.2. The van der Waals surface area contributed by atoms with E-state index in [1.807, 2.05) is 0 Å². The second-order valence-corrected chi connectivity index (χ2v) is 16.7. The number of hydrogen-bond acceptors (Lipinski definition) is 2. The van der Waals surface area contributed by atoms with Crippen LogP contribution in [0.25, 0.3) is 22.3 Å². The average molecular weight is 685 g/mol. The lowest BCUT2D eigenvalue weighted by Crippen LogP contribution is -2.38. The van der Waals surface area contributed by atoms with Crippen molar-refractivity contribution in [1.82, 2.24) is 0 Å². The van der Waals surface area contributed by atoms with Gasteiger partial charge in [0.2, 0.25) is 0 Å². The Bertz CT molecular complexity index is 2590. The van der Waals surface area contributed by atoms with Crippen LogP contribution in [0.5, 0.6) is 0 Å². The van der Waals surface area contributed by atoms with Crippen molar-refractivity contribution in [3.63, 3.8) is 0 Å². The van der Waals surface area contributed by atoms with Crippen LogP contribution in [0, 0.1) is 0 Å². The number of nitrogens with zero attached hydrogens (tertiary/aromatic N) is 2. The zero-order valence-electron chi connectivity index (χ0n) is 31.4. The zero-order chi connectivity index (χ0) is 36.3. The fraction of sp³-hybridized carbons (Fsp3) is 0.176. The monoisotopic (exact) mass is 684 g/mol. The molecule has 3 aliphatic rings. The van der Waals surface area contributed by atoms with Crippen LogP contribution in [0.3, 0.4) is 0 Å². The highest BCUT2D eigenvalue weighted by Gasteiger charge is 2.45. The molecule has 0 amide bonds. The van der Waals surface area contributed by atoms with Gasteiger partial charge in [-0.05, 0) is 104 Å². The van der Waals surface area contributed by atoms with E-state index in [4.69, 9.17) is 0 Å². The van der Waals surface area contributed by atoms with E-state index < -0.39 is 0 Å². The van der Waals surface area contributed by atoms with Crippen molar-refractivity contribution in [3.8, 4) is 22.3 Å². The molecular weight excluding hydrogens is 641 g/mol. The van der Waals surface area contributed by atoms with Gasteiger partial charge in [-0.2, -0.15) is 0 Å². The number of hydrogen-bond donors (Lipinski definition) is 0. The number of rotatable bonds is 4. The number of anilines is 6. The van der Waals surface area contributed by atoms with E-state index in [0.29, 0.717) is 0 Å². The number of para-hydroxylation sites is 2. The van der Waals surface area contributed by atoms with Crippen LogP contribution in [0.15, 0.2) is 158 Å². The Morgan fingerprint density at radius 1 is 0.358 bits per heavy atom. The first kappa shape index (κ1) is 31.8. The summed E-state index contributed by atoms with van der Waals surface area (Å²) >= 11 is 0. The van der Waals surface area contributed by atoms with Crippen molar-refractivity contribution < 1.29 is 0 Å². The minimum atomic E-state index is -0.222. The van der Waals surface area contributed by atoms with Crippen LogP contribution in [0.4, 0.5) is 34.1 Å². The van der Waals surface area contributed by atoms with E-state index >= 15 is 0 Å². The lowest BCUT2D eigenvalue weighted by Gasteiger charge is -2.49. The Balaban J connectivity index is 1.17. The summed E-state index contributed by atoms with van der Waals surface area (Å²) < 4.78 is 0. The smallest absolute Gasteiger partial charge is 0.0543 e. The van der Waals surface area contributed by atoms with Gasteiger partial charge < -0.3 is 9.80 Å². The molecule has 0 bridgehead atoms. The molecular formula is C51H44N2. The molecule has 0 fully saturated rings. The molecule has 1 aliphatic carbocycles. The SMILES string of the molecule is CC1(C)c2ccccc2-c2ccc(N(c3ccc(-c4ccccc4)cc3)c3ccc4c(c3)C(C)(C)c3cccc5c3N4c3ccccc3C5(C)C)cc21. The summed E-state index contributed by atoms with van der Waals surface area (Å²) in [5.74, 6) is 0. The molecule has 2 nitrogen and oxygen atoms in total. The zero-order valence-corrected chi connectivity index (χ0v) is 31.4. The third kappa shape index (κ3) is 4.45.